The van der Waals surface area contributed by atoms with Gasteiger partial charge in [-0.05, 0) is 12.1 Å². The lowest BCUT2D eigenvalue weighted by Crippen LogP contribution is -2.11. The van der Waals surface area contributed by atoms with Gasteiger partial charge < -0.3 is 9.64 Å². The Kier molecular flexibility index (Phi) is 4.33. The Morgan fingerprint density at radius 1 is 1.50 bits per heavy atom. The maximum Gasteiger partial charge on any atom is 0.311 e. The number of methoxy groups -OCH3 is 1. The summed E-state index contributed by atoms with van der Waals surface area (Å²) >= 11 is 1.42. The van der Waals surface area contributed by atoms with Gasteiger partial charge in [-0.3, -0.25) is 4.79 Å². The van der Waals surface area contributed by atoms with Crippen LogP contribution in [0.4, 0.5) is 10.8 Å². The Morgan fingerprint density at radius 3 is 2.95 bits per heavy atom. The number of aromatic nitrogens is 1. The van der Waals surface area contributed by atoms with Gasteiger partial charge in [0.05, 0.1) is 30.5 Å². The highest BCUT2D eigenvalue weighted by molar-refractivity contribution is 7.13. The lowest BCUT2D eigenvalue weighted by atomic mass is 10.2. The molecule has 0 aliphatic carbocycles. The molecule has 0 N–H and O–H groups in total. The topological polar surface area (TPSA) is 66.2 Å². The number of carbonyl (C=O) groups excluding carboxylic acids is 1. The molecule has 0 unspecified atom stereocenters. The summed E-state index contributed by atoms with van der Waals surface area (Å²) in [6.45, 7) is 0. The van der Waals surface area contributed by atoms with E-state index in [-0.39, 0.29) is 12.4 Å². The van der Waals surface area contributed by atoms with Gasteiger partial charge in [-0.1, -0.05) is 12.1 Å². The molecular formula is C14H13N3O2S. The standard InChI is InChI=1S/C14H13N3O2S/c1-17(12-6-4-3-5-10(12)8-15)14-16-11(9-20-14)7-13(18)19-2/h3-6,9H,7H2,1-2H3. The molecule has 0 saturated carbocycles. The Hall–Kier alpha value is -2.39. The summed E-state index contributed by atoms with van der Waals surface area (Å²) in [4.78, 5) is 17.4. The summed E-state index contributed by atoms with van der Waals surface area (Å²) in [6, 6.07) is 9.47. The van der Waals surface area contributed by atoms with E-state index in [1.165, 1.54) is 18.4 Å². The number of ether oxygens (including phenoxy) is 1. The number of para-hydroxylation sites is 1. The van der Waals surface area contributed by atoms with Crippen molar-refractivity contribution < 1.29 is 9.53 Å². The second-order valence-corrected chi connectivity index (χ2v) is 4.90. The molecule has 2 aromatic rings. The molecule has 0 aliphatic rings. The average molecular weight is 287 g/mol. The number of benzene rings is 1. The minimum absolute atomic E-state index is 0.154. The van der Waals surface area contributed by atoms with Gasteiger partial charge >= 0.3 is 5.97 Å². The Labute approximate surface area is 121 Å². The van der Waals surface area contributed by atoms with Crippen molar-refractivity contribution in [3.05, 3.63) is 40.9 Å². The fourth-order valence-electron chi connectivity index (χ4n) is 1.72. The molecule has 0 atom stereocenters. The van der Waals surface area contributed by atoms with Gasteiger partial charge in [-0.2, -0.15) is 5.26 Å². The van der Waals surface area contributed by atoms with Crippen molar-refractivity contribution in [3.8, 4) is 6.07 Å². The fraction of sp³-hybridized carbons (Fsp3) is 0.214. The first-order valence-electron chi connectivity index (χ1n) is 5.89. The lowest BCUT2D eigenvalue weighted by molar-refractivity contribution is -0.139. The third kappa shape index (κ3) is 2.95. The van der Waals surface area contributed by atoms with Crippen molar-refractivity contribution in [2.24, 2.45) is 0 Å². The van der Waals surface area contributed by atoms with Crippen molar-refractivity contribution in [1.29, 1.82) is 5.26 Å². The van der Waals surface area contributed by atoms with Crippen LogP contribution in [0.1, 0.15) is 11.3 Å². The number of nitrogens with zero attached hydrogens (tertiary/aromatic N) is 3. The summed E-state index contributed by atoms with van der Waals surface area (Å²) in [5, 5.41) is 11.7. The Morgan fingerprint density at radius 2 is 2.25 bits per heavy atom. The first-order valence-corrected chi connectivity index (χ1v) is 6.77. The molecule has 102 valence electrons. The molecule has 1 heterocycles. The molecule has 5 nitrogen and oxygen atoms in total. The van der Waals surface area contributed by atoms with Crippen LogP contribution in [0.3, 0.4) is 0 Å². The van der Waals surface area contributed by atoms with E-state index < -0.39 is 0 Å². The number of rotatable bonds is 4. The first-order chi connectivity index (χ1) is 9.65. The van der Waals surface area contributed by atoms with Gasteiger partial charge in [-0.15, -0.1) is 11.3 Å². The number of esters is 1. The largest absolute Gasteiger partial charge is 0.469 e. The molecule has 20 heavy (non-hydrogen) atoms. The van der Waals surface area contributed by atoms with Gasteiger partial charge in [-0.25, -0.2) is 4.98 Å². The van der Waals surface area contributed by atoms with Crippen LogP contribution in [0, 0.1) is 11.3 Å². The van der Waals surface area contributed by atoms with E-state index in [4.69, 9.17) is 5.26 Å². The zero-order valence-electron chi connectivity index (χ0n) is 11.2. The van der Waals surface area contributed by atoms with Gasteiger partial charge in [0.1, 0.15) is 6.07 Å². The minimum Gasteiger partial charge on any atom is -0.469 e. The van der Waals surface area contributed by atoms with E-state index in [2.05, 4.69) is 15.8 Å². The number of hydrogen-bond donors (Lipinski definition) is 0. The molecule has 1 aromatic heterocycles. The van der Waals surface area contributed by atoms with Crippen molar-refractivity contribution in [1.82, 2.24) is 4.98 Å². The van der Waals surface area contributed by atoms with Crippen molar-refractivity contribution in [2.75, 3.05) is 19.1 Å². The number of thiazole rings is 1. The Bertz CT molecular complexity index is 660. The predicted molar refractivity (Wildman–Crippen MR) is 77.1 cm³/mol. The summed E-state index contributed by atoms with van der Waals surface area (Å²) < 4.78 is 4.61. The minimum atomic E-state index is -0.318. The molecule has 0 aliphatic heterocycles. The van der Waals surface area contributed by atoms with E-state index in [0.717, 1.165) is 10.8 Å². The summed E-state index contributed by atoms with van der Waals surface area (Å²) in [5.41, 5.74) is 2.03. The van der Waals surface area contributed by atoms with Crippen LogP contribution < -0.4 is 4.90 Å². The lowest BCUT2D eigenvalue weighted by Gasteiger charge is -2.16. The Balaban J connectivity index is 2.24. The first kappa shape index (κ1) is 14.0. The normalized spacial score (nSPS) is 9.85. The van der Waals surface area contributed by atoms with Crippen molar-refractivity contribution in [3.63, 3.8) is 0 Å². The van der Waals surface area contributed by atoms with E-state index in [1.54, 1.807) is 6.07 Å². The van der Waals surface area contributed by atoms with Crippen LogP contribution in [0.5, 0.6) is 0 Å². The molecule has 1 aromatic carbocycles. The fourth-order valence-corrected chi connectivity index (χ4v) is 2.52. The molecule has 0 amide bonds. The zero-order chi connectivity index (χ0) is 14.5. The number of anilines is 2. The smallest absolute Gasteiger partial charge is 0.311 e. The third-order valence-electron chi connectivity index (χ3n) is 2.77. The summed E-state index contributed by atoms with van der Waals surface area (Å²) in [6.07, 6.45) is 0.154. The highest BCUT2D eigenvalue weighted by Gasteiger charge is 2.13. The number of carbonyl (C=O) groups is 1. The SMILES string of the molecule is COC(=O)Cc1csc(N(C)c2ccccc2C#N)n1. The van der Waals surface area contributed by atoms with E-state index in [0.29, 0.717) is 11.3 Å². The molecule has 0 saturated heterocycles. The predicted octanol–water partition coefficient (Wildman–Crippen LogP) is 2.50. The quantitative estimate of drug-likeness (QED) is 0.808. The highest BCUT2D eigenvalue weighted by Crippen LogP contribution is 2.29. The second kappa shape index (κ2) is 6.17. The average Bonchev–Trinajstić information content (AvgIpc) is 2.94. The molecule has 0 bridgehead atoms. The van der Waals surface area contributed by atoms with Crippen LogP contribution in [0.15, 0.2) is 29.6 Å². The van der Waals surface area contributed by atoms with Crippen LogP contribution >= 0.6 is 11.3 Å². The second-order valence-electron chi connectivity index (χ2n) is 4.06. The van der Waals surface area contributed by atoms with Crippen LogP contribution in [-0.2, 0) is 16.0 Å². The van der Waals surface area contributed by atoms with E-state index in [9.17, 15) is 4.79 Å². The maximum atomic E-state index is 11.2. The summed E-state index contributed by atoms with van der Waals surface area (Å²) in [5.74, 6) is -0.318. The van der Waals surface area contributed by atoms with Gasteiger partial charge in [0.2, 0.25) is 0 Å². The molecule has 2 rings (SSSR count). The monoisotopic (exact) mass is 287 g/mol. The molecular weight excluding hydrogens is 274 g/mol. The molecule has 6 heteroatoms. The number of nitriles is 1. The van der Waals surface area contributed by atoms with E-state index in [1.807, 2.05) is 35.5 Å². The summed E-state index contributed by atoms with van der Waals surface area (Å²) in [7, 11) is 3.20. The van der Waals surface area contributed by atoms with Crippen molar-refractivity contribution >= 4 is 28.1 Å². The van der Waals surface area contributed by atoms with Gasteiger partial charge in [0.25, 0.3) is 0 Å². The van der Waals surface area contributed by atoms with Gasteiger partial charge in [0.15, 0.2) is 5.13 Å². The highest BCUT2D eigenvalue weighted by atomic mass is 32.1. The van der Waals surface area contributed by atoms with Crippen LogP contribution in [-0.4, -0.2) is 25.1 Å². The van der Waals surface area contributed by atoms with Crippen molar-refractivity contribution in [2.45, 2.75) is 6.42 Å². The zero-order valence-corrected chi connectivity index (χ0v) is 12.0. The molecule has 0 fully saturated rings. The molecule has 0 radical (unpaired) electrons. The molecule has 0 spiro atoms. The number of hydrogen-bond acceptors (Lipinski definition) is 6. The van der Waals surface area contributed by atoms with Crippen LogP contribution in [0.25, 0.3) is 0 Å². The maximum absolute atomic E-state index is 11.2. The van der Waals surface area contributed by atoms with E-state index >= 15 is 0 Å². The van der Waals surface area contributed by atoms with Crippen LogP contribution in [0.2, 0.25) is 0 Å². The van der Waals surface area contributed by atoms with Gasteiger partial charge in [0, 0.05) is 12.4 Å². The third-order valence-corrected chi connectivity index (χ3v) is 3.73.